The molecule has 1 amide bonds. The van der Waals surface area contributed by atoms with Crippen LogP contribution in [-0.2, 0) is 6.54 Å². The van der Waals surface area contributed by atoms with Gasteiger partial charge in [0.05, 0.1) is 0 Å². The summed E-state index contributed by atoms with van der Waals surface area (Å²) in [6.45, 7) is 2.97. The summed E-state index contributed by atoms with van der Waals surface area (Å²) in [5, 5.41) is 3.09. The fourth-order valence-electron chi connectivity index (χ4n) is 1.85. The molecule has 0 unspecified atom stereocenters. The van der Waals surface area contributed by atoms with Crippen LogP contribution < -0.4 is 11.1 Å². The van der Waals surface area contributed by atoms with E-state index in [1.165, 1.54) is 0 Å². The minimum Gasteiger partial charge on any atom is -0.366 e. The van der Waals surface area contributed by atoms with Gasteiger partial charge in [-0.15, -0.1) is 0 Å². The second kappa shape index (κ2) is 7.28. The lowest BCUT2D eigenvalue weighted by atomic mass is 10.0. The summed E-state index contributed by atoms with van der Waals surface area (Å²) in [4.78, 5) is 11.0. The Bertz CT molecular complexity index is 458. The van der Waals surface area contributed by atoms with E-state index < -0.39 is 18.5 Å². The number of halogens is 3. The number of hydrogen-bond acceptors (Lipinski definition) is 2. The van der Waals surface area contributed by atoms with Crippen molar-refractivity contribution < 1.29 is 18.0 Å². The van der Waals surface area contributed by atoms with Gasteiger partial charge in [0.25, 0.3) is 0 Å². The molecule has 3 nitrogen and oxygen atoms in total. The first kappa shape index (κ1) is 16.5. The van der Waals surface area contributed by atoms with Crippen molar-refractivity contribution in [3.05, 3.63) is 34.9 Å². The maximum Gasteiger partial charge on any atom is 0.389 e. The molecule has 112 valence electrons. The van der Waals surface area contributed by atoms with E-state index in [4.69, 9.17) is 5.73 Å². The third-order valence-electron chi connectivity index (χ3n) is 3.01. The number of aryl methyl sites for hydroxylation is 1. The van der Waals surface area contributed by atoms with E-state index in [-0.39, 0.29) is 6.42 Å². The summed E-state index contributed by atoms with van der Waals surface area (Å²) in [7, 11) is 0. The lowest BCUT2D eigenvalue weighted by molar-refractivity contribution is -0.135. The van der Waals surface area contributed by atoms with Crippen LogP contribution in [0, 0.1) is 6.92 Å². The maximum absolute atomic E-state index is 11.9. The van der Waals surface area contributed by atoms with Gasteiger partial charge in [-0.25, -0.2) is 0 Å². The zero-order valence-corrected chi connectivity index (χ0v) is 11.4. The van der Waals surface area contributed by atoms with E-state index in [9.17, 15) is 18.0 Å². The number of unbranched alkanes of at least 4 members (excludes halogenated alkanes) is 1. The number of nitrogens with two attached hydrogens (primary N) is 1. The molecule has 0 spiro atoms. The van der Waals surface area contributed by atoms with Crippen molar-refractivity contribution in [1.29, 1.82) is 0 Å². The van der Waals surface area contributed by atoms with Crippen molar-refractivity contribution in [3.8, 4) is 0 Å². The molecule has 20 heavy (non-hydrogen) atoms. The van der Waals surface area contributed by atoms with E-state index in [0.717, 1.165) is 11.1 Å². The highest BCUT2D eigenvalue weighted by Crippen LogP contribution is 2.21. The first-order valence-corrected chi connectivity index (χ1v) is 6.46. The molecule has 0 fully saturated rings. The SMILES string of the molecule is Cc1cc(C(N)=O)ccc1CNCCCCC(F)(F)F. The van der Waals surface area contributed by atoms with Crippen molar-refractivity contribution in [1.82, 2.24) is 5.32 Å². The highest BCUT2D eigenvalue weighted by molar-refractivity contribution is 5.93. The molecule has 1 aromatic carbocycles. The number of carbonyl (C=O) groups excluding carboxylic acids is 1. The van der Waals surface area contributed by atoms with Crippen LogP contribution in [0.5, 0.6) is 0 Å². The van der Waals surface area contributed by atoms with Gasteiger partial charge < -0.3 is 11.1 Å². The van der Waals surface area contributed by atoms with Crippen LogP contribution >= 0.6 is 0 Å². The van der Waals surface area contributed by atoms with E-state index in [0.29, 0.717) is 25.1 Å². The smallest absolute Gasteiger partial charge is 0.366 e. The summed E-state index contributed by atoms with van der Waals surface area (Å²) in [5.41, 5.74) is 7.57. The highest BCUT2D eigenvalue weighted by Gasteiger charge is 2.25. The number of alkyl halides is 3. The van der Waals surface area contributed by atoms with Crippen LogP contribution in [0.3, 0.4) is 0 Å². The topological polar surface area (TPSA) is 55.1 Å². The molecule has 0 saturated carbocycles. The molecule has 0 aliphatic heterocycles. The summed E-state index contributed by atoms with van der Waals surface area (Å²) in [6, 6.07) is 5.16. The molecule has 0 heterocycles. The Morgan fingerprint density at radius 3 is 2.55 bits per heavy atom. The Kier molecular flexibility index (Phi) is 6.01. The lowest BCUT2D eigenvalue weighted by Crippen LogP contribution is -2.17. The quantitative estimate of drug-likeness (QED) is 0.758. The van der Waals surface area contributed by atoms with Gasteiger partial charge in [0.15, 0.2) is 0 Å². The normalized spacial score (nSPS) is 11.6. The second-order valence-electron chi connectivity index (χ2n) is 4.75. The Labute approximate surface area is 116 Å². The average Bonchev–Trinajstić information content (AvgIpc) is 2.33. The number of benzene rings is 1. The molecule has 1 rings (SSSR count). The van der Waals surface area contributed by atoms with Gasteiger partial charge in [0.1, 0.15) is 0 Å². The third-order valence-corrected chi connectivity index (χ3v) is 3.01. The summed E-state index contributed by atoms with van der Waals surface area (Å²) in [6.07, 6.45) is -4.18. The number of amides is 1. The van der Waals surface area contributed by atoms with Crippen LogP contribution in [0.1, 0.15) is 40.7 Å². The Morgan fingerprint density at radius 2 is 2.00 bits per heavy atom. The van der Waals surface area contributed by atoms with Crippen LogP contribution in [0.25, 0.3) is 0 Å². The monoisotopic (exact) mass is 288 g/mol. The number of rotatable bonds is 7. The van der Waals surface area contributed by atoms with Crippen molar-refractivity contribution in [2.45, 2.75) is 38.9 Å². The number of hydrogen-bond donors (Lipinski definition) is 2. The van der Waals surface area contributed by atoms with Gasteiger partial charge in [-0.2, -0.15) is 13.2 Å². The molecule has 0 saturated heterocycles. The molecular weight excluding hydrogens is 269 g/mol. The fourth-order valence-corrected chi connectivity index (χ4v) is 1.85. The molecule has 0 aliphatic rings. The molecule has 1 aromatic rings. The van der Waals surface area contributed by atoms with Gasteiger partial charge >= 0.3 is 6.18 Å². The number of primary amides is 1. The van der Waals surface area contributed by atoms with Crippen molar-refractivity contribution >= 4 is 5.91 Å². The van der Waals surface area contributed by atoms with Gasteiger partial charge in [0.2, 0.25) is 5.91 Å². The fraction of sp³-hybridized carbons (Fsp3) is 0.500. The minimum absolute atomic E-state index is 0.135. The van der Waals surface area contributed by atoms with Crippen LogP contribution in [0.4, 0.5) is 13.2 Å². The second-order valence-corrected chi connectivity index (χ2v) is 4.75. The molecule has 0 bridgehead atoms. The predicted octanol–water partition coefficient (Wildman–Crippen LogP) is 2.92. The Balaban J connectivity index is 2.31. The van der Waals surface area contributed by atoms with Crippen molar-refractivity contribution in [3.63, 3.8) is 0 Å². The summed E-state index contributed by atoms with van der Waals surface area (Å²) in [5.74, 6) is -0.472. The largest absolute Gasteiger partial charge is 0.389 e. The van der Waals surface area contributed by atoms with Crippen LogP contribution in [0.15, 0.2) is 18.2 Å². The first-order chi connectivity index (χ1) is 9.29. The average molecular weight is 288 g/mol. The van der Waals surface area contributed by atoms with Crippen molar-refractivity contribution in [2.24, 2.45) is 5.73 Å². The van der Waals surface area contributed by atoms with Crippen LogP contribution in [-0.4, -0.2) is 18.6 Å². The van der Waals surface area contributed by atoms with Gasteiger partial charge in [-0.1, -0.05) is 6.07 Å². The standard InChI is InChI=1S/C14H19F3N2O/c1-10-8-11(13(18)20)4-5-12(10)9-19-7-3-2-6-14(15,16)17/h4-5,8,19H,2-3,6-7,9H2,1H3,(H2,18,20). The molecule has 6 heteroatoms. The first-order valence-electron chi connectivity index (χ1n) is 6.46. The zero-order valence-electron chi connectivity index (χ0n) is 11.4. The number of carbonyl (C=O) groups is 1. The molecule has 0 aliphatic carbocycles. The third kappa shape index (κ3) is 6.06. The molecular formula is C14H19F3N2O. The summed E-state index contributed by atoms with van der Waals surface area (Å²) < 4.78 is 35.8. The van der Waals surface area contributed by atoms with Crippen LogP contribution in [0.2, 0.25) is 0 Å². The Hall–Kier alpha value is -1.56. The Morgan fingerprint density at radius 1 is 1.30 bits per heavy atom. The van der Waals surface area contributed by atoms with E-state index in [1.807, 2.05) is 6.92 Å². The zero-order chi connectivity index (χ0) is 15.2. The van der Waals surface area contributed by atoms with Gasteiger partial charge in [-0.3, -0.25) is 4.79 Å². The molecule has 3 N–H and O–H groups in total. The van der Waals surface area contributed by atoms with E-state index >= 15 is 0 Å². The molecule has 0 radical (unpaired) electrons. The van der Waals surface area contributed by atoms with E-state index in [2.05, 4.69) is 5.32 Å². The summed E-state index contributed by atoms with van der Waals surface area (Å²) >= 11 is 0. The number of nitrogens with one attached hydrogen (secondary N) is 1. The maximum atomic E-state index is 11.9. The minimum atomic E-state index is -4.07. The predicted molar refractivity (Wildman–Crippen MR) is 71.3 cm³/mol. The van der Waals surface area contributed by atoms with Gasteiger partial charge in [0, 0.05) is 18.5 Å². The van der Waals surface area contributed by atoms with Crippen molar-refractivity contribution in [2.75, 3.05) is 6.54 Å². The highest BCUT2D eigenvalue weighted by atomic mass is 19.4. The molecule has 0 aromatic heterocycles. The lowest BCUT2D eigenvalue weighted by Gasteiger charge is -2.09. The van der Waals surface area contributed by atoms with Gasteiger partial charge in [-0.05, 0) is 49.6 Å². The van der Waals surface area contributed by atoms with E-state index in [1.54, 1.807) is 18.2 Å². The molecule has 0 atom stereocenters.